The molecule has 2 rings (SSSR count). The van der Waals surface area contributed by atoms with Crippen LogP contribution in [0.2, 0.25) is 0 Å². The molecular weight excluding hydrogens is 400 g/mol. The highest BCUT2D eigenvalue weighted by atomic mass is 79.9. The summed E-state index contributed by atoms with van der Waals surface area (Å²) in [7, 11) is 0. The van der Waals surface area contributed by atoms with Gasteiger partial charge < -0.3 is 5.32 Å². The molecule has 3 unspecified atom stereocenters. The van der Waals surface area contributed by atoms with Crippen molar-refractivity contribution in [3.63, 3.8) is 0 Å². The summed E-state index contributed by atoms with van der Waals surface area (Å²) in [6, 6.07) is 4.61. The molecule has 1 heterocycles. The minimum absolute atomic E-state index is 0.0600. The first-order valence-corrected chi connectivity index (χ1v) is 8.54. The molecule has 21 heavy (non-hydrogen) atoms. The number of carbonyl (C=O) groups is 2. The molecule has 0 saturated carbocycles. The number of hydrogen-bond acceptors (Lipinski definition) is 2. The van der Waals surface area contributed by atoms with Crippen LogP contribution < -0.4 is 10.2 Å². The lowest BCUT2D eigenvalue weighted by Crippen LogP contribution is -2.64. The molecule has 1 saturated heterocycles. The van der Waals surface area contributed by atoms with Crippen molar-refractivity contribution in [2.24, 2.45) is 5.92 Å². The maximum absolute atomic E-state index is 12.8. The van der Waals surface area contributed by atoms with Gasteiger partial charge in [-0.15, -0.1) is 0 Å². The molecular formula is C15H18Br2N2O2. The third-order valence-electron chi connectivity index (χ3n) is 3.95. The number of anilines is 1. The molecule has 1 aromatic carbocycles. The monoisotopic (exact) mass is 416 g/mol. The topological polar surface area (TPSA) is 49.4 Å². The average Bonchev–Trinajstić information content (AvgIpc) is 2.46. The Kier molecular flexibility index (Phi) is 5.09. The third-order valence-corrected chi connectivity index (χ3v) is 5.11. The van der Waals surface area contributed by atoms with E-state index < -0.39 is 12.1 Å². The molecule has 1 aromatic rings. The van der Waals surface area contributed by atoms with E-state index in [9.17, 15) is 9.59 Å². The van der Waals surface area contributed by atoms with E-state index in [2.05, 4.69) is 37.2 Å². The summed E-state index contributed by atoms with van der Waals surface area (Å²) in [6.07, 6.45) is 0.832. The van der Waals surface area contributed by atoms with E-state index >= 15 is 0 Å². The largest absolute Gasteiger partial charge is 0.342 e. The Labute approximate surface area is 141 Å². The Hall–Kier alpha value is -0.880. The van der Waals surface area contributed by atoms with Crippen LogP contribution in [-0.2, 0) is 9.59 Å². The first kappa shape index (κ1) is 16.5. The van der Waals surface area contributed by atoms with E-state index in [4.69, 9.17) is 0 Å². The molecule has 0 aliphatic carbocycles. The Morgan fingerprint density at radius 1 is 1.33 bits per heavy atom. The maximum Gasteiger partial charge on any atom is 0.250 e. The molecule has 2 amide bonds. The van der Waals surface area contributed by atoms with E-state index in [0.29, 0.717) is 5.69 Å². The average molecular weight is 418 g/mol. The van der Waals surface area contributed by atoms with Gasteiger partial charge in [0.2, 0.25) is 5.91 Å². The maximum atomic E-state index is 12.8. The number of nitrogens with zero attached hydrogens (tertiary/aromatic N) is 1. The molecule has 0 radical (unpaired) electrons. The van der Waals surface area contributed by atoms with E-state index in [1.807, 2.05) is 32.0 Å². The number of nitrogens with one attached hydrogen (secondary N) is 1. The molecule has 4 nitrogen and oxygen atoms in total. The predicted molar refractivity (Wildman–Crippen MR) is 90.2 cm³/mol. The molecule has 1 N–H and O–H groups in total. The summed E-state index contributed by atoms with van der Waals surface area (Å²) in [5, 5.41) is 2.84. The van der Waals surface area contributed by atoms with Crippen LogP contribution in [-0.4, -0.2) is 23.9 Å². The molecule has 3 atom stereocenters. The highest BCUT2D eigenvalue weighted by Gasteiger charge is 2.41. The van der Waals surface area contributed by atoms with Gasteiger partial charge in [-0.2, -0.15) is 0 Å². The van der Waals surface area contributed by atoms with Crippen molar-refractivity contribution in [1.29, 1.82) is 0 Å². The van der Waals surface area contributed by atoms with Crippen LogP contribution in [0.1, 0.15) is 27.2 Å². The summed E-state index contributed by atoms with van der Waals surface area (Å²) in [6.45, 7) is 5.74. The zero-order chi connectivity index (χ0) is 15.7. The molecule has 0 spiro atoms. The second kappa shape index (κ2) is 6.48. The summed E-state index contributed by atoms with van der Waals surface area (Å²) in [4.78, 5) is 26.6. The lowest BCUT2D eigenvalue weighted by Gasteiger charge is -2.39. The highest BCUT2D eigenvalue weighted by molar-refractivity contribution is 9.11. The van der Waals surface area contributed by atoms with Gasteiger partial charge in [0.05, 0.1) is 5.69 Å². The van der Waals surface area contributed by atoms with Gasteiger partial charge in [-0.25, -0.2) is 0 Å². The number of benzene rings is 1. The van der Waals surface area contributed by atoms with Gasteiger partial charge in [0.25, 0.3) is 5.91 Å². The quantitative estimate of drug-likeness (QED) is 0.818. The first-order valence-electron chi connectivity index (χ1n) is 6.95. The second-order valence-electron chi connectivity index (χ2n) is 5.35. The number of rotatable bonds is 3. The molecule has 1 aliphatic heterocycles. The number of carbonyl (C=O) groups excluding carboxylic acids is 2. The number of hydrogen-bond donors (Lipinski definition) is 1. The smallest absolute Gasteiger partial charge is 0.250 e. The second-order valence-corrected chi connectivity index (χ2v) is 7.12. The van der Waals surface area contributed by atoms with Crippen molar-refractivity contribution in [2.75, 3.05) is 4.90 Å². The zero-order valence-electron chi connectivity index (χ0n) is 12.2. The van der Waals surface area contributed by atoms with Crippen molar-refractivity contribution in [1.82, 2.24) is 5.32 Å². The van der Waals surface area contributed by atoms with E-state index in [0.717, 1.165) is 15.4 Å². The number of piperazine rings is 1. The molecule has 0 bridgehead atoms. The minimum atomic E-state index is -0.525. The minimum Gasteiger partial charge on any atom is -0.342 e. The van der Waals surface area contributed by atoms with Crippen molar-refractivity contribution in [2.45, 2.75) is 39.3 Å². The van der Waals surface area contributed by atoms with E-state index in [1.54, 1.807) is 11.8 Å². The van der Waals surface area contributed by atoms with Gasteiger partial charge in [0.15, 0.2) is 0 Å². The SMILES string of the molecule is CCC(C)C1NC(=O)C(C)N(c2cc(Br)ccc2Br)C1=O. The zero-order valence-corrected chi connectivity index (χ0v) is 15.4. The molecule has 1 fully saturated rings. The molecule has 1 aliphatic rings. The van der Waals surface area contributed by atoms with Crippen LogP contribution >= 0.6 is 31.9 Å². The van der Waals surface area contributed by atoms with Crippen LogP contribution in [0, 0.1) is 5.92 Å². The standard InChI is InChI=1S/C15H18Br2N2O2/c1-4-8(2)13-15(21)19(9(3)14(20)18-13)12-7-10(16)5-6-11(12)17/h5-9,13H,4H2,1-3H3,(H,18,20). The lowest BCUT2D eigenvalue weighted by molar-refractivity contribution is -0.134. The van der Waals surface area contributed by atoms with Crippen LogP contribution in [0.3, 0.4) is 0 Å². The fourth-order valence-electron chi connectivity index (χ4n) is 2.41. The van der Waals surface area contributed by atoms with Crippen molar-refractivity contribution >= 4 is 49.4 Å². The third kappa shape index (κ3) is 3.16. The summed E-state index contributed by atoms with van der Waals surface area (Å²) in [5.74, 6) is -0.0793. The predicted octanol–water partition coefficient (Wildman–Crippen LogP) is 3.48. The lowest BCUT2D eigenvalue weighted by atomic mass is 9.94. The van der Waals surface area contributed by atoms with Crippen molar-refractivity contribution < 1.29 is 9.59 Å². The Morgan fingerprint density at radius 3 is 2.62 bits per heavy atom. The fraction of sp³-hybridized carbons (Fsp3) is 0.467. The first-order chi connectivity index (χ1) is 9.86. The summed E-state index contributed by atoms with van der Waals surface area (Å²) in [5.41, 5.74) is 0.713. The molecule has 114 valence electrons. The highest BCUT2D eigenvalue weighted by Crippen LogP contribution is 2.33. The summed E-state index contributed by atoms with van der Waals surface area (Å²) < 4.78 is 1.66. The number of amides is 2. The van der Waals surface area contributed by atoms with Gasteiger partial charge in [-0.05, 0) is 47.0 Å². The Balaban J connectivity index is 2.46. The van der Waals surface area contributed by atoms with E-state index in [-0.39, 0.29) is 17.7 Å². The van der Waals surface area contributed by atoms with Gasteiger partial charge in [-0.1, -0.05) is 36.2 Å². The van der Waals surface area contributed by atoms with Gasteiger partial charge >= 0.3 is 0 Å². The van der Waals surface area contributed by atoms with Gasteiger partial charge in [0, 0.05) is 8.95 Å². The van der Waals surface area contributed by atoms with Gasteiger partial charge in [-0.3, -0.25) is 14.5 Å². The Morgan fingerprint density at radius 2 is 2.00 bits per heavy atom. The molecule has 6 heteroatoms. The summed E-state index contributed by atoms with van der Waals surface area (Å²) >= 11 is 6.88. The number of halogens is 2. The molecule has 0 aromatic heterocycles. The van der Waals surface area contributed by atoms with E-state index in [1.165, 1.54) is 0 Å². The van der Waals surface area contributed by atoms with Crippen LogP contribution in [0.25, 0.3) is 0 Å². The van der Waals surface area contributed by atoms with Crippen molar-refractivity contribution in [3.8, 4) is 0 Å². The van der Waals surface area contributed by atoms with Crippen LogP contribution in [0.5, 0.6) is 0 Å². The fourth-order valence-corrected chi connectivity index (χ4v) is 3.20. The Bertz CT molecular complexity index is 577. The normalized spacial score (nSPS) is 24.0. The van der Waals surface area contributed by atoms with Crippen LogP contribution in [0.4, 0.5) is 5.69 Å². The van der Waals surface area contributed by atoms with Gasteiger partial charge in [0.1, 0.15) is 12.1 Å². The van der Waals surface area contributed by atoms with Crippen LogP contribution in [0.15, 0.2) is 27.1 Å². The van der Waals surface area contributed by atoms with Crippen molar-refractivity contribution in [3.05, 3.63) is 27.1 Å².